The quantitative estimate of drug-likeness (QED) is 0.731. The summed E-state index contributed by atoms with van der Waals surface area (Å²) in [7, 11) is 0. The van der Waals surface area contributed by atoms with Crippen LogP contribution in [0.25, 0.3) is 0 Å². The Labute approximate surface area is 155 Å². The Bertz CT molecular complexity index is 691. The topological polar surface area (TPSA) is 47.6 Å². The molecule has 138 valence electrons. The molecule has 1 aliphatic carbocycles. The predicted molar refractivity (Wildman–Crippen MR) is 103 cm³/mol. The molecule has 0 unspecified atom stereocenters. The van der Waals surface area contributed by atoms with E-state index in [1.165, 1.54) is 0 Å². The van der Waals surface area contributed by atoms with Gasteiger partial charge in [-0.3, -0.25) is 4.79 Å². The number of ether oxygens (including phenoxy) is 2. The van der Waals surface area contributed by atoms with Gasteiger partial charge < -0.3 is 14.8 Å². The second-order valence-corrected chi connectivity index (χ2v) is 6.80. The lowest BCUT2D eigenvalue weighted by Crippen LogP contribution is -2.43. The molecule has 0 spiro atoms. The van der Waals surface area contributed by atoms with Gasteiger partial charge in [-0.1, -0.05) is 37.3 Å². The minimum absolute atomic E-state index is 0.0265. The number of carbonyl (C=O) groups is 1. The maximum absolute atomic E-state index is 12.8. The first-order valence-electron chi connectivity index (χ1n) is 9.44. The van der Waals surface area contributed by atoms with Crippen molar-refractivity contribution in [3.8, 4) is 5.75 Å². The number of amides is 1. The highest BCUT2D eigenvalue weighted by atomic mass is 16.5. The smallest absolute Gasteiger partial charge is 0.256 e. The highest BCUT2D eigenvalue weighted by Crippen LogP contribution is 2.34. The highest BCUT2D eigenvalue weighted by Gasteiger charge is 2.42. The Morgan fingerprint density at radius 3 is 2.38 bits per heavy atom. The molecule has 2 aromatic rings. The van der Waals surface area contributed by atoms with Gasteiger partial charge in [0.2, 0.25) is 0 Å². The third kappa shape index (κ3) is 4.64. The first-order chi connectivity index (χ1) is 12.7. The Hall–Kier alpha value is -2.33. The number of anilines is 1. The molecular weight excluding hydrogens is 326 g/mol. The fourth-order valence-electron chi connectivity index (χ4n) is 3.30. The molecule has 4 nitrogen and oxygen atoms in total. The van der Waals surface area contributed by atoms with Gasteiger partial charge in [-0.25, -0.2) is 0 Å². The summed E-state index contributed by atoms with van der Waals surface area (Å²) < 4.78 is 11.7. The first kappa shape index (κ1) is 18.5. The minimum atomic E-state index is -0.654. The molecular formula is C22H27NO3. The number of rotatable bonds is 8. The fourth-order valence-corrected chi connectivity index (χ4v) is 3.30. The summed E-state index contributed by atoms with van der Waals surface area (Å²) in [6.07, 6.45) is 4.61. The molecule has 3 rings (SSSR count). The SMILES string of the molecule is CCCOC1(C(=O)Nc2ccc(OCc3ccccc3)cc2)CCCC1. The van der Waals surface area contributed by atoms with E-state index in [0.29, 0.717) is 13.2 Å². The average Bonchev–Trinajstić information content (AvgIpc) is 3.17. The van der Waals surface area contributed by atoms with Gasteiger partial charge in [0.1, 0.15) is 18.0 Å². The van der Waals surface area contributed by atoms with Crippen LogP contribution in [0.3, 0.4) is 0 Å². The number of carbonyl (C=O) groups excluding carboxylic acids is 1. The van der Waals surface area contributed by atoms with E-state index in [1.54, 1.807) is 0 Å². The number of hydrogen-bond acceptors (Lipinski definition) is 3. The molecule has 1 N–H and O–H groups in total. The molecule has 1 saturated carbocycles. The standard InChI is InChI=1S/C22H27NO3/c1-2-16-26-22(14-6-7-15-22)21(24)23-19-10-12-20(13-11-19)25-17-18-8-4-3-5-9-18/h3-5,8-13H,2,6-7,14-17H2,1H3,(H,23,24). The third-order valence-electron chi connectivity index (χ3n) is 4.77. The highest BCUT2D eigenvalue weighted by molar-refractivity contribution is 5.97. The van der Waals surface area contributed by atoms with Crippen LogP contribution in [-0.4, -0.2) is 18.1 Å². The van der Waals surface area contributed by atoms with Crippen LogP contribution in [-0.2, 0) is 16.1 Å². The van der Waals surface area contributed by atoms with Crippen LogP contribution in [0.4, 0.5) is 5.69 Å². The summed E-state index contributed by atoms with van der Waals surface area (Å²) in [6.45, 7) is 3.22. The van der Waals surface area contributed by atoms with Gasteiger partial charge in [-0.05, 0) is 61.9 Å². The lowest BCUT2D eigenvalue weighted by molar-refractivity contribution is -0.140. The van der Waals surface area contributed by atoms with Crippen molar-refractivity contribution >= 4 is 11.6 Å². The summed E-state index contributed by atoms with van der Waals surface area (Å²) in [6, 6.07) is 17.6. The third-order valence-corrected chi connectivity index (χ3v) is 4.77. The Morgan fingerprint density at radius 2 is 1.73 bits per heavy atom. The predicted octanol–water partition coefficient (Wildman–Crippen LogP) is 4.94. The molecule has 1 fully saturated rings. The van der Waals surface area contributed by atoms with Crippen molar-refractivity contribution < 1.29 is 14.3 Å². The molecule has 0 atom stereocenters. The molecule has 4 heteroatoms. The molecule has 1 amide bonds. The molecule has 2 aromatic carbocycles. The van der Waals surface area contributed by atoms with E-state index in [1.807, 2.05) is 54.6 Å². The van der Waals surface area contributed by atoms with Gasteiger partial charge >= 0.3 is 0 Å². The van der Waals surface area contributed by atoms with E-state index in [2.05, 4.69) is 12.2 Å². The van der Waals surface area contributed by atoms with Gasteiger partial charge in [-0.2, -0.15) is 0 Å². The fraction of sp³-hybridized carbons (Fsp3) is 0.409. The molecule has 26 heavy (non-hydrogen) atoms. The first-order valence-corrected chi connectivity index (χ1v) is 9.44. The van der Waals surface area contributed by atoms with Gasteiger partial charge in [0.15, 0.2) is 0 Å². The van der Waals surface area contributed by atoms with Crippen LogP contribution in [0.15, 0.2) is 54.6 Å². The van der Waals surface area contributed by atoms with Gasteiger partial charge in [0.25, 0.3) is 5.91 Å². The maximum Gasteiger partial charge on any atom is 0.256 e. The summed E-state index contributed by atoms with van der Waals surface area (Å²) >= 11 is 0. The molecule has 0 bridgehead atoms. The molecule has 0 heterocycles. The van der Waals surface area contributed by atoms with Crippen molar-refractivity contribution in [3.05, 3.63) is 60.2 Å². The van der Waals surface area contributed by atoms with Crippen molar-refractivity contribution in [2.24, 2.45) is 0 Å². The van der Waals surface area contributed by atoms with Crippen LogP contribution >= 0.6 is 0 Å². The number of benzene rings is 2. The van der Waals surface area contributed by atoms with Crippen molar-refractivity contribution in [2.45, 2.75) is 51.2 Å². The second-order valence-electron chi connectivity index (χ2n) is 6.80. The number of nitrogens with one attached hydrogen (secondary N) is 1. The van der Waals surface area contributed by atoms with Gasteiger partial charge in [0.05, 0.1) is 0 Å². The Morgan fingerprint density at radius 1 is 1.04 bits per heavy atom. The largest absolute Gasteiger partial charge is 0.489 e. The van der Waals surface area contributed by atoms with E-state index in [0.717, 1.165) is 49.1 Å². The van der Waals surface area contributed by atoms with Crippen LogP contribution < -0.4 is 10.1 Å². The molecule has 0 saturated heterocycles. The summed E-state index contributed by atoms with van der Waals surface area (Å²) in [4.78, 5) is 12.8. The van der Waals surface area contributed by atoms with Crippen LogP contribution in [0.1, 0.15) is 44.6 Å². The molecule has 0 aromatic heterocycles. The van der Waals surface area contributed by atoms with E-state index in [4.69, 9.17) is 9.47 Å². The zero-order valence-electron chi connectivity index (χ0n) is 15.4. The number of hydrogen-bond donors (Lipinski definition) is 1. The van der Waals surface area contributed by atoms with E-state index >= 15 is 0 Å². The van der Waals surface area contributed by atoms with E-state index < -0.39 is 5.60 Å². The molecule has 1 aliphatic rings. The summed E-state index contributed by atoms with van der Waals surface area (Å²) in [5.74, 6) is 0.756. The van der Waals surface area contributed by atoms with Gasteiger partial charge in [0, 0.05) is 12.3 Å². The zero-order chi connectivity index (χ0) is 18.2. The zero-order valence-corrected chi connectivity index (χ0v) is 15.4. The lowest BCUT2D eigenvalue weighted by Gasteiger charge is -2.28. The van der Waals surface area contributed by atoms with Crippen LogP contribution in [0.2, 0.25) is 0 Å². The van der Waals surface area contributed by atoms with Crippen molar-refractivity contribution in [1.82, 2.24) is 0 Å². The van der Waals surface area contributed by atoms with Crippen molar-refractivity contribution in [1.29, 1.82) is 0 Å². The normalized spacial score (nSPS) is 15.6. The summed E-state index contributed by atoms with van der Waals surface area (Å²) in [5, 5.41) is 3.02. The molecule has 0 radical (unpaired) electrons. The second kappa shape index (κ2) is 8.86. The lowest BCUT2D eigenvalue weighted by atomic mass is 10.0. The van der Waals surface area contributed by atoms with E-state index in [-0.39, 0.29) is 5.91 Å². The van der Waals surface area contributed by atoms with Crippen LogP contribution in [0, 0.1) is 0 Å². The van der Waals surface area contributed by atoms with E-state index in [9.17, 15) is 4.79 Å². The average molecular weight is 353 g/mol. The Balaban J connectivity index is 1.57. The van der Waals surface area contributed by atoms with Crippen LogP contribution in [0.5, 0.6) is 5.75 Å². The van der Waals surface area contributed by atoms with Crippen molar-refractivity contribution in [2.75, 3.05) is 11.9 Å². The van der Waals surface area contributed by atoms with Crippen molar-refractivity contribution in [3.63, 3.8) is 0 Å². The maximum atomic E-state index is 12.8. The Kier molecular flexibility index (Phi) is 6.29. The molecule has 0 aliphatic heterocycles. The summed E-state index contributed by atoms with van der Waals surface area (Å²) in [5.41, 5.74) is 1.24. The minimum Gasteiger partial charge on any atom is -0.489 e. The monoisotopic (exact) mass is 353 g/mol. The van der Waals surface area contributed by atoms with Gasteiger partial charge in [-0.15, -0.1) is 0 Å².